The summed E-state index contributed by atoms with van der Waals surface area (Å²) in [5.74, 6) is 3.14. The molecule has 0 saturated heterocycles. The van der Waals surface area contributed by atoms with Crippen molar-refractivity contribution >= 4 is 39.2 Å². The van der Waals surface area contributed by atoms with Crippen molar-refractivity contribution in [3.63, 3.8) is 0 Å². The molecule has 4 saturated carbocycles. The van der Waals surface area contributed by atoms with Crippen LogP contribution in [-0.2, 0) is 27.2 Å². The lowest BCUT2D eigenvalue weighted by Crippen LogP contribution is -2.64. The second kappa shape index (κ2) is 15.4. The Bertz CT molecular complexity index is 1160. The Morgan fingerprint density at radius 1 is 0.720 bits per heavy atom. The van der Waals surface area contributed by atoms with Gasteiger partial charge >= 0.3 is 5.97 Å². The first kappa shape index (κ1) is 42.9. The smallest absolute Gasteiger partial charge is 0.310 e. The van der Waals surface area contributed by atoms with Gasteiger partial charge in [-0.1, -0.05) is 20.8 Å². The Hall–Kier alpha value is 0.178. The van der Waals surface area contributed by atoms with Crippen LogP contribution in [-0.4, -0.2) is 70.8 Å². The van der Waals surface area contributed by atoms with Gasteiger partial charge < -0.3 is 22.4 Å². The maximum absolute atomic E-state index is 12.7. The average Bonchev–Trinajstić information content (AvgIpc) is 3.30. The highest BCUT2D eigenvalue weighted by Crippen LogP contribution is 2.69. The normalized spacial score (nSPS) is 38.4. The van der Waals surface area contributed by atoms with E-state index in [0.717, 1.165) is 12.8 Å². The standard InChI is InChI=1S/C40H80O6Si4/c1-27(18-21-34(44-48(9,10)11)28(2)38(41)42-5)31-19-20-32-37-33(26-36(40(31,32)4)46-50(15,16)17)39(3)23-22-30(43-47(6,7)8)24-29(39)25-35(37)45-49(12,13)14/h27-37H,18-26H2,1-17H3/t27-,28?,29?,30-,31-,32?,33+,34?,35-,36+,37?,39+,40-/m1/s1. The van der Waals surface area contributed by atoms with Crippen LogP contribution in [0.15, 0.2) is 0 Å². The monoisotopic (exact) mass is 769 g/mol. The zero-order valence-corrected chi connectivity index (χ0v) is 39.7. The van der Waals surface area contributed by atoms with Crippen LogP contribution in [0.1, 0.15) is 85.5 Å². The summed E-state index contributed by atoms with van der Waals surface area (Å²) in [7, 11) is -5.58. The number of fused-ring (bicyclic) bond motifs is 5. The number of carbonyl (C=O) groups is 1. The predicted molar refractivity (Wildman–Crippen MR) is 218 cm³/mol. The molecule has 4 rings (SSSR count). The Labute approximate surface area is 313 Å². The fourth-order valence-corrected chi connectivity index (χ4v) is 16.5. The fourth-order valence-electron chi connectivity index (χ4n) is 11.7. The second-order valence-corrected chi connectivity index (χ2v) is 39.6. The molecular formula is C40H80O6Si4. The van der Waals surface area contributed by atoms with Gasteiger partial charge in [-0.2, -0.15) is 0 Å². The lowest BCUT2D eigenvalue weighted by molar-refractivity contribution is -0.199. The van der Waals surface area contributed by atoms with E-state index in [2.05, 4.69) is 99.3 Å². The van der Waals surface area contributed by atoms with Crippen LogP contribution in [0.5, 0.6) is 0 Å². The van der Waals surface area contributed by atoms with Crippen molar-refractivity contribution in [3.05, 3.63) is 0 Å². The molecule has 0 bridgehead atoms. The first-order valence-electron chi connectivity index (χ1n) is 20.5. The van der Waals surface area contributed by atoms with Gasteiger partial charge in [0.05, 0.1) is 25.2 Å². The molecule has 0 aromatic rings. The Morgan fingerprint density at radius 2 is 1.32 bits per heavy atom. The first-order chi connectivity index (χ1) is 22.7. The minimum Gasteiger partial charge on any atom is -0.469 e. The van der Waals surface area contributed by atoms with E-state index in [0.29, 0.717) is 53.1 Å². The van der Waals surface area contributed by atoms with Crippen molar-refractivity contribution in [2.45, 2.75) is 188 Å². The third kappa shape index (κ3) is 9.88. The quantitative estimate of drug-likeness (QED) is 0.130. The molecule has 0 aromatic carbocycles. The summed E-state index contributed by atoms with van der Waals surface area (Å²) in [5, 5.41) is 0. The van der Waals surface area contributed by atoms with Crippen LogP contribution in [0.3, 0.4) is 0 Å². The van der Waals surface area contributed by atoms with Crippen molar-refractivity contribution in [1.82, 2.24) is 0 Å². The van der Waals surface area contributed by atoms with E-state index in [1.807, 2.05) is 6.92 Å². The van der Waals surface area contributed by atoms with Gasteiger partial charge in [0.25, 0.3) is 0 Å². The molecule has 10 heteroatoms. The summed E-state index contributed by atoms with van der Waals surface area (Å²) in [6, 6.07) is 0. The van der Waals surface area contributed by atoms with Crippen molar-refractivity contribution in [2.24, 2.45) is 52.3 Å². The van der Waals surface area contributed by atoms with E-state index in [1.165, 1.54) is 52.1 Å². The van der Waals surface area contributed by atoms with Crippen LogP contribution < -0.4 is 0 Å². The van der Waals surface area contributed by atoms with Gasteiger partial charge in [0, 0.05) is 12.2 Å². The van der Waals surface area contributed by atoms with Crippen molar-refractivity contribution < 1.29 is 27.2 Å². The molecule has 0 spiro atoms. The molecule has 0 heterocycles. The molecule has 50 heavy (non-hydrogen) atoms. The topological polar surface area (TPSA) is 63.2 Å². The van der Waals surface area contributed by atoms with E-state index in [4.69, 9.17) is 22.4 Å². The molecule has 13 atom stereocenters. The summed E-state index contributed by atoms with van der Waals surface area (Å²) in [6.07, 6.45) is 11.4. The zero-order chi connectivity index (χ0) is 37.8. The molecule has 0 radical (unpaired) electrons. The second-order valence-electron chi connectivity index (χ2n) is 21.8. The van der Waals surface area contributed by atoms with E-state index in [9.17, 15) is 4.79 Å². The highest BCUT2D eigenvalue weighted by atomic mass is 28.4. The van der Waals surface area contributed by atoms with Gasteiger partial charge in [-0.3, -0.25) is 4.79 Å². The van der Waals surface area contributed by atoms with Gasteiger partial charge in [0.1, 0.15) is 0 Å². The molecule has 0 amide bonds. The fraction of sp³-hybridized carbons (Fsp3) is 0.975. The van der Waals surface area contributed by atoms with Crippen molar-refractivity contribution in [1.29, 1.82) is 0 Å². The summed E-state index contributed by atoms with van der Waals surface area (Å²) in [6.45, 7) is 38.0. The molecule has 4 fully saturated rings. The van der Waals surface area contributed by atoms with E-state index < -0.39 is 33.3 Å². The predicted octanol–water partition coefficient (Wildman–Crippen LogP) is 11.0. The number of ether oxygens (including phenoxy) is 1. The number of rotatable bonds is 14. The maximum atomic E-state index is 12.7. The van der Waals surface area contributed by atoms with Gasteiger partial charge in [-0.05, 0) is 190 Å². The van der Waals surface area contributed by atoms with Crippen molar-refractivity contribution in [2.75, 3.05) is 7.11 Å². The van der Waals surface area contributed by atoms with Gasteiger partial charge in [0.2, 0.25) is 0 Å². The Balaban J connectivity index is 1.69. The number of carbonyl (C=O) groups excluding carboxylic acids is 1. The lowest BCUT2D eigenvalue weighted by atomic mass is 9.43. The van der Waals surface area contributed by atoms with E-state index in [-0.39, 0.29) is 29.5 Å². The maximum Gasteiger partial charge on any atom is 0.310 e. The number of methoxy groups -OCH3 is 1. The van der Waals surface area contributed by atoms with E-state index >= 15 is 0 Å². The summed E-state index contributed by atoms with van der Waals surface area (Å²) >= 11 is 0. The van der Waals surface area contributed by atoms with Crippen LogP contribution in [0.25, 0.3) is 0 Å². The van der Waals surface area contributed by atoms with Crippen molar-refractivity contribution in [3.8, 4) is 0 Å². The third-order valence-corrected chi connectivity index (χ3v) is 17.6. The molecule has 0 aromatic heterocycles. The molecule has 5 unspecified atom stereocenters. The summed E-state index contributed by atoms with van der Waals surface area (Å²) in [5.41, 5.74) is 0.410. The molecule has 4 aliphatic carbocycles. The van der Waals surface area contributed by atoms with Crippen LogP contribution in [0.2, 0.25) is 78.6 Å². The number of hydrogen-bond acceptors (Lipinski definition) is 6. The third-order valence-electron chi connectivity index (χ3n) is 13.5. The lowest BCUT2D eigenvalue weighted by Gasteiger charge is -2.66. The minimum atomic E-state index is -1.85. The highest BCUT2D eigenvalue weighted by molar-refractivity contribution is 6.70. The summed E-state index contributed by atoms with van der Waals surface area (Å²) in [4.78, 5) is 12.7. The molecule has 0 aliphatic heterocycles. The average molecular weight is 769 g/mol. The largest absolute Gasteiger partial charge is 0.469 e. The minimum absolute atomic E-state index is 0.101. The van der Waals surface area contributed by atoms with Gasteiger partial charge in [0.15, 0.2) is 33.3 Å². The van der Waals surface area contributed by atoms with Gasteiger partial charge in [-0.15, -0.1) is 0 Å². The zero-order valence-electron chi connectivity index (χ0n) is 35.7. The molecule has 0 N–H and O–H groups in total. The number of esters is 1. The van der Waals surface area contributed by atoms with Crippen LogP contribution >= 0.6 is 0 Å². The first-order valence-corrected chi connectivity index (χ1v) is 34.1. The Morgan fingerprint density at radius 3 is 1.86 bits per heavy atom. The van der Waals surface area contributed by atoms with E-state index in [1.54, 1.807) is 0 Å². The highest BCUT2D eigenvalue weighted by Gasteiger charge is 2.67. The molecule has 292 valence electrons. The molecule has 6 nitrogen and oxygen atoms in total. The SMILES string of the molecule is COC(=O)C(C)C(CC[C@@H](C)[C@H]1CCC2C3[C@H](O[Si](C)(C)C)CC4C[C@H](O[Si](C)(C)C)CC[C@]4(C)[C@H]3C[C@H](O[Si](C)(C)C)[C@@]21C)O[Si](C)(C)C. The van der Waals surface area contributed by atoms with Crippen LogP contribution in [0.4, 0.5) is 0 Å². The molecular weight excluding hydrogens is 689 g/mol. The van der Waals surface area contributed by atoms with Crippen LogP contribution in [0, 0.1) is 52.3 Å². The summed E-state index contributed by atoms with van der Waals surface area (Å²) < 4.78 is 33.5. The molecule has 4 aliphatic rings. The number of hydrogen-bond donors (Lipinski definition) is 0. The van der Waals surface area contributed by atoms with Gasteiger partial charge in [-0.25, -0.2) is 0 Å². The Kier molecular flexibility index (Phi) is 13.2.